The Morgan fingerprint density at radius 2 is 1.95 bits per heavy atom. The molecular weight excluding hydrogens is 272 g/mol. The number of hydrogen-bond acceptors (Lipinski definition) is 2. The van der Waals surface area contributed by atoms with E-state index >= 15 is 0 Å². The lowest BCUT2D eigenvalue weighted by molar-refractivity contribution is -0.121. The molecule has 1 amide bonds. The number of benzene rings is 1. The summed E-state index contributed by atoms with van der Waals surface area (Å²) in [4.78, 5) is 11.7. The molecule has 1 aromatic carbocycles. The van der Waals surface area contributed by atoms with Gasteiger partial charge < -0.3 is 10.6 Å². The number of hydrogen-bond donors (Lipinski definition) is 2. The Bertz CT molecular complexity index is 476. The molecule has 0 radical (unpaired) electrons. The van der Waals surface area contributed by atoms with Gasteiger partial charge >= 0.3 is 0 Å². The third-order valence-corrected chi connectivity index (χ3v) is 3.89. The maximum atomic E-state index is 11.7. The summed E-state index contributed by atoms with van der Waals surface area (Å²) in [6.07, 6.45) is 2.10. The van der Waals surface area contributed by atoms with Gasteiger partial charge in [0.15, 0.2) is 0 Å². The molecule has 20 heavy (non-hydrogen) atoms. The Morgan fingerprint density at radius 1 is 1.30 bits per heavy atom. The number of carbonyl (C=O) groups excluding carboxylic acids is 1. The van der Waals surface area contributed by atoms with Crippen LogP contribution in [0.25, 0.3) is 0 Å². The van der Waals surface area contributed by atoms with E-state index in [1.807, 2.05) is 39.0 Å². The van der Waals surface area contributed by atoms with Crippen LogP contribution >= 0.6 is 11.6 Å². The molecule has 0 spiro atoms. The molecular formula is C16H23ClN2O. The summed E-state index contributed by atoms with van der Waals surface area (Å²) in [5, 5.41) is 7.11. The Hall–Kier alpha value is -1.06. The maximum absolute atomic E-state index is 11.7. The van der Waals surface area contributed by atoms with E-state index in [1.165, 1.54) is 5.56 Å². The number of rotatable bonds is 4. The van der Waals surface area contributed by atoms with Gasteiger partial charge in [0.1, 0.15) is 0 Å². The monoisotopic (exact) mass is 294 g/mol. The topological polar surface area (TPSA) is 41.1 Å². The van der Waals surface area contributed by atoms with Crippen LogP contribution in [0.3, 0.4) is 0 Å². The van der Waals surface area contributed by atoms with Gasteiger partial charge in [0.25, 0.3) is 0 Å². The van der Waals surface area contributed by atoms with Gasteiger partial charge in [-0.05, 0) is 51.2 Å². The molecule has 2 rings (SSSR count). The van der Waals surface area contributed by atoms with Crippen LogP contribution in [0, 0.1) is 0 Å². The second-order valence-electron chi connectivity index (χ2n) is 6.57. The lowest BCUT2D eigenvalue weighted by Crippen LogP contribution is -2.49. The second kappa shape index (κ2) is 6.15. The zero-order valence-corrected chi connectivity index (χ0v) is 13.1. The van der Waals surface area contributed by atoms with Crippen molar-refractivity contribution in [2.24, 2.45) is 0 Å². The van der Waals surface area contributed by atoms with Gasteiger partial charge in [-0.1, -0.05) is 29.8 Å². The molecule has 1 aromatic rings. The average Bonchev–Trinajstić information content (AvgIpc) is 2.26. The SMILES string of the molecule is CC(C)(C)NC(=O)CNC1CC(c2ccccc2Cl)C1. The molecule has 1 fully saturated rings. The first-order chi connectivity index (χ1) is 9.35. The van der Waals surface area contributed by atoms with Gasteiger partial charge in [-0.15, -0.1) is 0 Å². The summed E-state index contributed by atoms with van der Waals surface area (Å²) in [5.41, 5.74) is 1.06. The predicted molar refractivity (Wildman–Crippen MR) is 83.1 cm³/mol. The number of nitrogens with one attached hydrogen (secondary N) is 2. The van der Waals surface area contributed by atoms with E-state index in [4.69, 9.17) is 11.6 Å². The Labute approximate surface area is 126 Å². The molecule has 0 heterocycles. The molecule has 110 valence electrons. The van der Waals surface area contributed by atoms with Crippen LogP contribution in [0.1, 0.15) is 45.1 Å². The summed E-state index contributed by atoms with van der Waals surface area (Å²) < 4.78 is 0. The quantitative estimate of drug-likeness (QED) is 0.896. The van der Waals surface area contributed by atoms with Crippen LogP contribution in [-0.2, 0) is 4.79 Å². The molecule has 1 aliphatic carbocycles. The van der Waals surface area contributed by atoms with Gasteiger partial charge in [-0.3, -0.25) is 4.79 Å². The summed E-state index contributed by atoms with van der Waals surface area (Å²) in [7, 11) is 0. The summed E-state index contributed by atoms with van der Waals surface area (Å²) >= 11 is 6.20. The van der Waals surface area contributed by atoms with Crippen molar-refractivity contribution in [3.05, 3.63) is 34.9 Å². The fourth-order valence-electron chi connectivity index (χ4n) is 2.54. The van der Waals surface area contributed by atoms with Gasteiger partial charge in [0.2, 0.25) is 5.91 Å². The molecule has 0 aliphatic heterocycles. The van der Waals surface area contributed by atoms with Crippen molar-refractivity contribution in [2.75, 3.05) is 6.54 Å². The summed E-state index contributed by atoms with van der Waals surface area (Å²) in [5.74, 6) is 0.575. The number of carbonyl (C=O) groups is 1. The van der Waals surface area contributed by atoms with E-state index in [0.29, 0.717) is 18.5 Å². The number of amides is 1. The van der Waals surface area contributed by atoms with Crippen molar-refractivity contribution < 1.29 is 4.79 Å². The van der Waals surface area contributed by atoms with Crippen molar-refractivity contribution >= 4 is 17.5 Å². The van der Waals surface area contributed by atoms with Crippen LogP contribution in [0.5, 0.6) is 0 Å². The van der Waals surface area contributed by atoms with E-state index in [-0.39, 0.29) is 11.4 Å². The highest BCUT2D eigenvalue weighted by Gasteiger charge is 2.31. The molecule has 0 bridgehead atoms. The zero-order chi connectivity index (χ0) is 14.8. The van der Waals surface area contributed by atoms with Gasteiger partial charge in [0.05, 0.1) is 6.54 Å². The smallest absolute Gasteiger partial charge is 0.234 e. The highest BCUT2D eigenvalue weighted by Crippen LogP contribution is 2.39. The van der Waals surface area contributed by atoms with E-state index in [9.17, 15) is 4.79 Å². The molecule has 1 aliphatic rings. The zero-order valence-electron chi connectivity index (χ0n) is 12.4. The van der Waals surface area contributed by atoms with Crippen molar-refractivity contribution in [1.82, 2.24) is 10.6 Å². The van der Waals surface area contributed by atoms with Crippen LogP contribution in [-0.4, -0.2) is 24.0 Å². The van der Waals surface area contributed by atoms with Crippen LogP contribution in [0.15, 0.2) is 24.3 Å². The van der Waals surface area contributed by atoms with Crippen LogP contribution < -0.4 is 10.6 Å². The van der Waals surface area contributed by atoms with Crippen molar-refractivity contribution in [3.8, 4) is 0 Å². The molecule has 0 unspecified atom stereocenters. The first-order valence-corrected chi connectivity index (χ1v) is 7.52. The maximum Gasteiger partial charge on any atom is 0.234 e. The summed E-state index contributed by atoms with van der Waals surface area (Å²) in [6.45, 7) is 6.35. The minimum absolute atomic E-state index is 0.0543. The van der Waals surface area contributed by atoms with E-state index in [0.717, 1.165) is 17.9 Å². The molecule has 0 saturated heterocycles. The second-order valence-corrected chi connectivity index (χ2v) is 6.97. The van der Waals surface area contributed by atoms with Gasteiger partial charge in [-0.25, -0.2) is 0 Å². The molecule has 0 aromatic heterocycles. The van der Waals surface area contributed by atoms with Crippen molar-refractivity contribution in [2.45, 2.75) is 51.1 Å². The normalized spacial score (nSPS) is 22.2. The Kier molecular flexibility index (Phi) is 4.71. The van der Waals surface area contributed by atoms with Gasteiger partial charge in [0, 0.05) is 16.6 Å². The largest absolute Gasteiger partial charge is 0.350 e. The fraction of sp³-hybridized carbons (Fsp3) is 0.562. The van der Waals surface area contributed by atoms with E-state index in [1.54, 1.807) is 0 Å². The minimum atomic E-state index is -0.168. The minimum Gasteiger partial charge on any atom is -0.350 e. The first-order valence-electron chi connectivity index (χ1n) is 7.14. The Morgan fingerprint density at radius 3 is 2.55 bits per heavy atom. The molecule has 0 atom stereocenters. The lowest BCUT2D eigenvalue weighted by Gasteiger charge is -2.37. The summed E-state index contributed by atoms with van der Waals surface area (Å²) in [6, 6.07) is 8.43. The average molecular weight is 295 g/mol. The van der Waals surface area contributed by atoms with Crippen LogP contribution in [0.2, 0.25) is 5.02 Å². The standard InChI is InChI=1S/C16H23ClN2O/c1-16(2,3)19-15(20)10-18-12-8-11(9-12)13-6-4-5-7-14(13)17/h4-7,11-12,18H,8-10H2,1-3H3,(H,19,20). The van der Waals surface area contributed by atoms with Crippen molar-refractivity contribution in [3.63, 3.8) is 0 Å². The van der Waals surface area contributed by atoms with E-state index in [2.05, 4.69) is 16.7 Å². The molecule has 3 nitrogen and oxygen atoms in total. The first kappa shape index (κ1) is 15.3. The van der Waals surface area contributed by atoms with Crippen molar-refractivity contribution in [1.29, 1.82) is 0 Å². The van der Waals surface area contributed by atoms with E-state index < -0.39 is 0 Å². The molecule has 4 heteroatoms. The number of halogens is 1. The lowest BCUT2D eigenvalue weighted by atomic mass is 9.76. The van der Waals surface area contributed by atoms with Crippen LogP contribution in [0.4, 0.5) is 0 Å². The highest BCUT2D eigenvalue weighted by atomic mass is 35.5. The highest BCUT2D eigenvalue weighted by molar-refractivity contribution is 6.31. The van der Waals surface area contributed by atoms with Gasteiger partial charge in [-0.2, -0.15) is 0 Å². The third-order valence-electron chi connectivity index (χ3n) is 3.55. The molecule has 1 saturated carbocycles. The predicted octanol–water partition coefficient (Wildman–Crippen LogP) is 3.09. The molecule has 2 N–H and O–H groups in total. The third kappa shape index (κ3) is 4.22. The fourth-order valence-corrected chi connectivity index (χ4v) is 2.83. The Balaban J connectivity index is 1.72.